The Morgan fingerprint density at radius 1 is 0.854 bits per heavy atom. The van der Waals surface area contributed by atoms with Gasteiger partial charge in [-0.3, -0.25) is 14.4 Å². The third-order valence-electron chi connectivity index (χ3n) is 6.27. The number of nitrogens with zero attached hydrogens (tertiary/aromatic N) is 1. The van der Waals surface area contributed by atoms with Crippen molar-refractivity contribution in [1.82, 2.24) is 15.2 Å². The largest absolute Gasteiger partial charge is 0.573 e. The number of amides is 3. The Morgan fingerprint density at radius 2 is 1.41 bits per heavy atom. The second-order valence-electron chi connectivity index (χ2n) is 12.6. The van der Waals surface area contributed by atoms with Gasteiger partial charge in [-0.25, -0.2) is 0 Å². The molecule has 0 saturated carbocycles. The van der Waals surface area contributed by atoms with E-state index in [-0.39, 0.29) is 29.6 Å². The molecule has 0 aliphatic carbocycles. The van der Waals surface area contributed by atoms with Crippen molar-refractivity contribution in [3.63, 3.8) is 0 Å². The van der Waals surface area contributed by atoms with Gasteiger partial charge in [-0.15, -0.1) is 13.2 Å². The molecule has 11 heteroatoms. The summed E-state index contributed by atoms with van der Waals surface area (Å²) < 4.78 is 43.8. The number of nitrogens with two attached hydrogens (primary N) is 1. The molecule has 0 fully saturated rings. The first-order valence-electron chi connectivity index (χ1n) is 13.1. The summed E-state index contributed by atoms with van der Waals surface area (Å²) in [7, 11) is 0. The van der Waals surface area contributed by atoms with Crippen molar-refractivity contribution in [1.29, 1.82) is 0 Å². The SMILES string of the molecule is CC(C)(C)NC(=O)Cn1c(-c2ccc(OC(F)(F)F)cc2)c(C(N)=O)c2cc(C(C)(C)C(=O)NC(C)(C)C)ccc21. The Balaban J connectivity index is 2.27. The molecule has 8 nitrogen and oxygen atoms in total. The number of hydrogen-bond acceptors (Lipinski definition) is 4. The fourth-order valence-electron chi connectivity index (χ4n) is 4.50. The summed E-state index contributed by atoms with van der Waals surface area (Å²) >= 11 is 0. The minimum atomic E-state index is -4.87. The molecule has 4 N–H and O–H groups in total. The zero-order valence-electron chi connectivity index (χ0n) is 24.5. The topological polar surface area (TPSA) is 115 Å². The van der Waals surface area contributed by atoms with E-state index in [0.717, 1.165) is 12.1 Å². The van der Waals surface area contributed by atoms with Gasteiger partial charge < -0.3 is 25.7 Å². The van der Waals surface area contributed by atoms with Crippen molar-refractivity contribution in [2.24, 2.45) is 5.73 Å². The van der Waals surface area contributed by atoms with Gasteiger partial charge in [0, 0.05) is 22.0 Å². The highest BCUT2D eigenvalue weighted by molar-refractivity contribution is 6.13. The molecule has 3 aromatic rings. The van der Waals surface area contributed by atoms with Crippen LogP contribution in [0.2, 0.25) is 0 Å². The quantitative estimate of drug-likeness (QED) is 0.350. The van der Waals surface area contributed by atoms with Crippen molar-refractivity contribution in [3.05, 3.63) is 53.6 Å². The van der Waals surface area contributed by atoms with Crippen LogP contribution in [-0.4, -0.2) is 39.7 Å². The van der Waals surface area contributed by atoms with Crippen LogP contribution in [0.15, 0.2) is 42.5 Å². The molecule has 1 aromatic heterocycles. The van der Waals surface area contributed by atoms with Gasteiger partial charge >= 0.3 is 6.36 Å². The average Bonchev–Trinajstić information content (AvgIpc) is 3.09. The fraction of sp³-hybridized carbons (Fsp3) is 0.433. The average molecular weight is 575 g/mol. The van der Waals surface area contributed by atoms with Crippen LogP contribution in [0.3, 0.4) is 0 Å². The molecule has 0 bridgehead atoms. The number of rotatable bonds is 7. The lowest BCUT2D eigenvalue weighted by Crippen LogP contribution is -2.48. The van der Waals surface area contributed by atoms with Gasteiger partial charge in [0.15, 0.2) is 0 Å². The smallest absolute Gasteiger partial charge is 0.406 e. The van der Waals surface area contributed by atoms with Crippen molar-refractivity contribution in [2.45, 2.75) is 84.8 Å². The van der Waals surface area contributed by atoms with E-state index in [1.807, 2.05) is 41.5 Å². The lowest BCUT2D eigenvalue weighted by molar-refractivity contribution is -0.274. The van der Waals surface area contributed by atoms with Gasteiger partial charge in [-0.1, -0.05) is 6.07 Å². The highest BCUT2D eigenvalue weighted by Crippen LogP contribution is 2.38. The summed E-state index contributed by atoms with van der Waals surface area (Å²) in [6, 6.07) is 10.1. The Bertz CT molecular complexity index is 1480. The molecular formula is C30H37F3N4O4. The molecule has 222 valence electrons. The Labute approximate surface area is 237 Å². The third kappa shape index (κ3) is 7.59. The van der Waals surface area contributed by atoms with Crippen LogP contribution in [0.5, 0.6) is 5.75 Å². The third-order valence-corrected chi connectivity index (χ3v) is 6.27. The number of aromatic nitrogens is 1. The number of benzene rings is 2. The number of halogens is 3. The predicted molar refractivity (Wildman–Crippen MR) is 151 cm³/mol. The first-order valence-corrected chi connectivity index (χ1v) is 13.1. The molecule has 0 aliphatic heterocycles. The second-order valence-corrected chi connectivity index (χ2v) is 12.6. The van der Waals surface area contributed by atoms with Crippen LogP contribution in [0.25, 0.3) is 22.2 Å². The van der Waals surface area contributed by atoms with Crippen LogP contribution < -0.4 is 21.1 Å². The van der Waals surface area contributed by atoms with Crippen molar-refractivity contribution >= 4 is 28.6 Å². The maximum absolute atomic E-state index is 13.2. The first kappa shape index (κ1) is 31.5. The highest BCUT2D eigenvalue weighted by atomic mass is 19.4. The molecule has 0 aliphatic rings. The summed E-state index contributed by atoms with van der Waals surface area (Å²) in [5.74, 6) is -1.82. The number of hydrogen-bond donors (Lipinski definition) is 3. The van der Waals surface area contributed by atoms with Crippen LogP contribution in [-0.2, 0) is 21.5 Å². The standard InChI is InChI=1S/C30H37F3N4O4/c1-27(2,3)35-22(38)16-37-21-14-11-18(29(7,8)26(40)36-28(4,5)6)15-20(21)23(25(34)39)24(37)17-9-12-19(13-10-17)41-30(31,32)33/h9-15H,16H2,1-8H3,(H2,34,39)(H,35,38)(H,36,40). The molecule has 1 heterocycles. The van der Waals surface area contributed by atoms with E-state index >= 15 is 0 Å². The molecule has 0 atom stereocenters. The maximum Gasteiger partial charge on any atom is 0.573 e. The number of carbonyl (C=O) groups is 3. The normalized spacial score (nSPS) is 12.8. The number of primary amides is 1. The van der Waals surface area contributed by atoms with Crippen LogP contribution in [0, 0.1) is 0 Å². The summed E-state index contributed by atoms with van der Waals surface area (Å²) in [5, 5.41) is 6.26. The van der Waals surface area contributed by atoms with Gasteiger partial charge in [0.25, 0.3) is 5.91 Å². The summed E-state index contributed by atoms with van der Waals surface area (Å²) in [6.07, 6.45) is -4.87. The van der Waals surface area contributed by atoms with Crippen LogP contribution in [0.4, 0.5) is 13.2 Å². The summed E-state index contributed by atoms with van der Waals surface area (Å²) in [4.78, 5) is 39.2. The minimum Gasteiger partial charge on any atom is -0.406 e. The highest BCUT2D eigenvalue weighted by Gasteiger charge is 2.34. The van der Waals surface area contributed by atoms with E-state index in [1.165, 1.54) is 12.1 Å². The summed E-state index contributed by atoms with van der Waals surface area (Å²) in [6.45, 7) is 14.4. The van der Waals surface area contributed by atoms with E-state index in [2.05, 4.69) is 15.4 Å². The molecule has 2 aromatic carbocycles. The molecule has 3 amide bonds. The van der Waals surface area contributed by atoms with Crippen LogP contribution in [0.1, 0.15) is 71.3 Å². The zero-order valence-corrected chi connectivity index (χ0v) is 24.5. The number of nitrogens with one attached hydrogen (secondary N) is 2. The van der Waals surface area contributed by atoms with Gasteiger partial charge in [0.1, 0.15) is 12.3 Å². The Kier molecular flexibility index (Phi) is 8.26. The van der Waals surface area contributed by atoms with E-state index < -0.39 is 34.5 Å². The molecule has 0 radical (unpaired) electrons. The molecule has 0 saturated heterocycles. The van der Waals surface area contributed by atoms with E-state index in [9.17, 15) is 27.6 Å². The van der Waals surface area contributed by atoms with Crippen molar-refractivity contribution in [2.75, 3.05) is 0 Å². The zero-order chi connectivity index (χ0) is 31.1. The van der Waals surface area contributed by atoms with Crippen LogP contribution >= 0.6 is 0 Å². The number of ether oxygens (including phenoxy) is 1. The van der Waals surface area contributed by atoms with Crippen molar-refractivity contribution in [3.8, 4) is 17.0 Å². The lowest BCUT2D eigenvalue weighted by Gasteiger charge is -2.30. The number of carbonyl (C=O) groups excluding carboxylic acids is 3. The predicted octanol–water partition coefficient (Wildman–Crippen LogP) is 5.41. The second kappa shape index (κ2) is 10.8. The molecule has 0 unspecified atom stereocenters. The maximum atomic E-state index is 13.2. The molecule has 0 spiro atoms. The van der Waals surface area contributed by atoms with E-state index in [1.54, 1.807) is 36.6 Å². The monoisotopic (exact) mass is 574 g/mol. The minimum absolute atomic E-state index is 0.0712. The Hall–Kier alpha value is -4.02. The van der Waals surface area contributed by atoms with Crippen molar-refractivity contribution < 1.29 is 32.3 Å². The van der Waals surface area contributed by atoms with Gasteiger partial charge in [-0.2, -0.15) is 0 Å². The van der Waals surface area contributed by atoms with Gasteiger partial charge in [0.2, 0.25) is 11.8 Å². The Morgan fingerprint density at radius 3 is 1.90 bits per heavy atom. The number of fused-ring (bicyclic) bond motifs is 1. The first-order chi connectivity index (χ1) is 18.6. The van der Waals surface area contributed by atoms with Gasteiger partial charge in [-0.05, 0) is 103 Å². The summed E-state index contributed by atoms with van der Waals surface area (Å²) in [5.41, 5.74) is 5.62. The fourth-order valence-corrected chi connectivity index (χ4v) is 4.50. The van der Waals surface area contributed by atoms with Gasteiger partial charge in [0.05, 0.1) is 16.7 Å². The number of alkyl halides is 3. The van der Waals surface area contributed by atoms with E-state index in [0.29, 0.717) is 22.0 Å². The molecular weight excluding hydrogens is 537 g/mol. The lowest BCUT2D eigenvalue weighted by atomic mass is 9.82. The van der Waals surface area contributed by atoms with E-state index in [4.69, 9.17) is 5.73 Å². The molecule has 41 heavy (non-hydrogen) atoms. The molecule has 3 rings (SSSR count).